The first-order valence-corrected chi connectivity index (χ1v) is 6.59. The predicted molar refractivity (Wildman–Crippen MR) is 68.2 cm³/mol. The summed E-state index contributed by atoms with van der Waals surface area (Å²) in [5, 5.41) is 0.945. The lowest BCUT2D eigenvalue weighted by Crippen LogP contribution is -2.59. The average molecular weight is 233 g/mol. The van der Waals surface area contributed by atoms with Crippen LogP contribution in [-0.4, -0.2) is 67.3 Å². The monoisotopic (exact) mass is 233 g/mol. The highest BCUT2D eigenvalue weighted by Crippen LogP contribution is 2.14. The third kappa shape index (κ3) is 4.76. The molecule has 2 fully saturated rings. The Morgan fingerprint density at radius 2 is 1.44 bits per heavy atom. The van der Waals surface area contributed by atoms with Crippen LogP contribution in [0.1, 0.15) is 27.7 Å². The molecule has 0 aromatic heterocycles. The molecule has 0 amide bonds. The minimum atomic E-state index is 0.419. The van der Waals surface area contributed by atoms with Crippen LogP contribution in [0.2, 0.25) is 0 Å². The molecule has 0 radical (unpaired) electrons. The Balaban J connectivity index is 0.000000509. The van der Waals surface area contributed by atoms with E-state index in [1.54, 1.807) is 0 Å². The van der Waals surface area contributed by atoms with Gasteiger partial charge in [-0.3, -0.25) is 4.90 Å². The number of hydrogen-bond acceptors (Lipinski definition) is 3. The Bertz CT molecular complexity index is 150. The fraction of sp³-hybridized carbons (Fsp3) is 1.00. The molecule has 98 valence electrons. The molecule has 2 aliphatic heterocycles. The molecule has 0 saturated carbocycles. The minimum absolute atomic E-state index is 0.419. The summed E-state index contributed by atoms with van der Waals surface area (Å²) in [6, 6.07) is 0.419. The number of rotatable bonds is 0. The van der Waals surface area contributed by atoms with Gasteiger partial charge in [0.15, 0.2) is 0 Å². The van der Waals surface area contributed by atoms with E-state index in [1.165, 1.54) is 0 Å². The van der Waals surface area contributed by atoms with Gasteiger partial charge in [0.25, 0.3) is 0 Å². The number of likely N-dealkylation sites (N-methyl/N-ethyl adjacent to an activating group) is 1. The number of nitrogens with zero attached hydrogens (tertiary/aromatic N) is 3. The average Bonchev–Trinajstić information content (AvgIpc) is 2.33. The first-order valence-electron chi connectivity index (χ1n) is 6.59. The Kier molecular flexibility index (Phi) is 8.80. The maximum atomic E-state index is 12.9. The molecule has 1 atom stereocenters. The minimum Gasteiger partial charge on any atom is -0.303 e. The zero-order valence-corrected chi connectivity index (χ0v) is 11.5. The van der Waals surface area contributed by atoms with Gasteiger partial charge in [0.2, 0.25) is 0 Å². The highest BCUT2D eigenvalue weighted by Gasteiger charge is 2.30. The summed E-state index contributed by atoms with van der Waals surface area (Å²) in [5.41, 5.74) is 0. The second kappa shape index (κ2) is 8.90. The molecule has 2 aliphatic rings. The van der Waals surface area contributed by atoms with Crippen LogP contribution in [-0.2, 0) is 0 Å². The number of hydrogen-bond donors (Lipinski definition) is 0. The molecule has 0 N–H and O–H groups in total. The third-order valence-electron chi connectivity index (χ3n) is 2.85. The van der Waals surface area contributed by atoms with E-state index >= 15 is 0 Å². The van der Waals surface area contributed by atoms with E-state index in [-0.39, 0.29) is 0 Å². The summed E-state index contributed by atoms with van der Waals surface area (Å²) < 4.78 is 12.9. The Morgan fingerprint density at radius 3 is 2.06 bits per heavy atom. The molecule has 3 nitrogen and oxygen atoms in total. The maximum Gasteiger partial charge on any atom is 0.0459 e. The standard InChI is InChI=1S/C8H16FN3.2C2H6/c1-10-2-3-11-4-5-12(9)7-8(11)6-10;2*1-2/h8H,2-7H2,1H3;2*1-2H3. The summed E-state index contributed by atoms with van der Waals surface area (Å²) in [6.07, 6.45) is 0. The zero-order valence-electron chi connectivity index (χ0n) is 11.5. The largest absolute Gasteiger partial charge is 0.303 e. The van der Waals surface area contributed by atoms with E-state index in [2.05, 4.69) is 16.8 Å². The van der Waals surface area contributed by atoms with Gasteiger partial charge in [0, 0.05) is 45.3 Å². The van der Waals surface area contributed by atoms with Gasteiger partial charge in [0.05, 0.1) is 0 Å². The van der Waals surface area contributed by atoms with Gasteiger partial charge in [-0.25, -0.2) is 0 Å². The molecule has 0 aromatic carbocycles. The van der Waals surface area contributed by atoms with Gasteiger partial charge >= 0.3 is 0 Å². The van der Waals surface area contributed by atoms with Crippen LogP contribution >= 0.6 is 0 Å². The van der Waals surface area contributed by atoms with E-state index in [4.69, 9.17) is 0 Å². The molecular formula is C12H28FN3. The van der Waals surface area contributed by atoms with Gasteiger partial charge in [-0.15, -0.1) is 9.60 Å². The summed E-state index contributed by atoms with van der Waals surface area (Å²) >= 11 is 0. The predicted octanol–water partition coefficient (Wildman–Crippen LogP) is 1.85. The quantitative estimate of drug-likeness (QED) is 0.591. The van der Waals surface area contributed by atoms with Gasteiger partial charge in [0.1, 0.15) is 0 Å². The van der Waals surface area contributed by atoms with Crippen molar-refractivity contribution in [2.24, 2.45) is 0 Å². The molecule has 0 aromatic rings. The topological polar surface area (TPSA) is 9.72 Å². The molecule has 0 bridgehead atoms. The molecule has 1 unspecified atom stereocenters. The Labute approximate surface area is 100 Å². The lowest BCUT2D eigenvalue weighted by atomic mass is 10.1. The van der Waals surface area contributed by atoms with E-state index in [0.29, 0.717) is 19.1 Å². The van der Waals surface area contributed by atoms with Crippen LogP contribution in [0.4, 0.5) is 4.48 Å². The molecule has 2 heterocycles. The SMILES string of the molecule is CC.CC.CN1CCN2CCN(F)CC2C1. The van der Waals surface area contributed by atoms with Gasteiger partial charge in [-0.2, -0.15) is 0 Å². The van der Waals surface area contributed by atoms with Crippen LogP contribution in [0.5, 0.6) is 0 Å². The van der Waals surface area contributed by atoms with Gasteiger partial charge in [-0.05, 0) is 7.05 Å². The first-order chi connectivity index (χ1) is 7.75. The summed E-state index contributed by atoms with van der Waals surface area (Å²) in [5.74, 6) is 0. The van der Waals surface area contributed by atoms with Crippen molar-refractivity contribution in [2.75, 3.05) is 46.3 Å². The lowest BCUT2D eigenvalue weighted by Gasteiger charge is -2.44. The Hall–Kier alpha value is -0.190. The number of halogens is 1. The fourth-order valence-corrected chi connectivity index (χ4v) is 2.07. The second-order valence-electron chi connectivity index (χ2n) is 3.82. The van der Waals surface area contributed by atoms with Gasteiger partial charge in [-0.1, -0.05) is 27.7 Å². The van der Waals surface area contributed by atoms with E-state index in [9.17, 15) is 4.48 Å². The summed E-state index contributed by atoms with van der Waals surface area (Å²) in [4.78, 5) is 4.68. The van der Waals surface area contributed by atoms with Crippen LogP contribution in [0.3, 0.4) is 0 Å². The normalized spacial score (nSPS) is 27.0. The third-order valence-corrected chi connectivity index (χ3v) is 2.85. The zero-order chi connectivity index (χ0) is 12.6. The highest BCUT2D eigenvalue weighted by molar-refractivity contribution is 4.85. The summed E-state index contributed by atoms with van der Waals surface area (Å²) in [7, 11) is 2.11. The van der Waals surface area contributed by atoms with Crippen LogP contribution in [0.25, 0.3) is 0 Å². The summed E-state index contributed by atoms with van der Waals surface area (Å²) in [6.45, 7) is 13.3. The highest BCUT2D eigenvalue weighted by atomic mass is 19.2. The van der Waals surface area contributed by atoms with Crippen molar-refractivity contribution >= 4 is 0 Å². The molecule has 2 saturated heterocycles. The Morgan fingerprint density at radius 1 is 0.875 bits per heavy atom. The van der Waals surface area contributed by atoms with Crippen molar-refractivity contribution in [3.8, 4) is 0 Å². The molecule has 0 aliphatic carbocycles. The van der Waals surface area contributed by atoms with Gasteiger partial charge < -0.3 is 4.90 Å². The van der Waals surface area contributed by atoms with Crippen molar-refractivity contribution in [3.05, 3.63) is 0 Å². The van der Waals surface area contributed by atoms with Crippen molar-refractivity contribution in [2.45, 2.75) is 33.7 Å². The van der Waals surface area contributed by atoms with E-state index in [1.807, 2.05) is 27.7 Å². The van der Waals surface area contributed by atoms with Crippen LogP contribution in [0, 0.1) is 0 Å². The lowest BCUT2D eigenvalue weighted by molar-refractivity contribution is -0.0684. The first kappa shape index (κ1) is 15.8. The van der Waals surface area contributed by atoms with Crippen LogP contribution < -0.4 is 0 Å². The van der Waals surface area contributed by atoms with E-state index in [0.717, 1.165) is 31.3 Å². The molecule has 16 heavy (non-hydrogen) atoms. The number of piperazine rings is 2. The van der Waals surface area contributed by atoms with Crippen molar-refractivity contribution in [3.63, 3.8) is 0 Å². The second-order valence-corrected chi connectivity index (χ2v) is 3.82. The van der Waals surface area contributed by atoms with Crippen molar-refractivity contribution in [1.82, 2.24) is 14.9 Å². The smallest absolute Gasteiger partial charge is 0.0459 e. The number of fused-ring (bicyclic) bond motifs is 1. The molecular weight excluding hydrogens is 205 g/mol. The molecule has 2 rings (SSSR count). The maximum absolute atomic E-state index is 12.9. The van der Waals surface area contributed by atoms with Crippen LogP contribution in [0.15, 0.2) is 0 Å². The molecule has 0 spiro atoms. The van der Waals surface area contributed by atoms with Crippen molar-refractivity contribution < 1.29 is 4.48 Å². The molecule has 4 heteroatoms. The van der Waals surface area contributed by atoms with Crippen molar-refractivity contribution in [1.29, 1.82) is 0 Å². The fourth-order valence-electron chi connectivity index (χ4n) is 2.07. The van der Waals surface area contributed by atoms with E-state index < -0.39 is 0 Å².